The van der Waals surface area contributed by atoms with Crippen molar-refractivity contribution in [2.75, 3.05) is 18.4 Å². The van der Waals surface area contributed by atoms with E-state index in [0.29, 0.717) is 35.8 Å². The molecule has 7 nitrogen and oxygen atoms in total. The Bertz CT molecular complexity index is 502. The van der Waals surface area contributed by atoms with Crippen molar-refractivity contribution in [1.29, 1.82) is 0 Å². The van der Waals surface area contributed by atoms with E-state index in [9.17, 15) is 10.1 Å². The van der Waals surface area contributed by atoms with Crippen molar-refractivity contribution >= 4 is 11.5 Å². The summed E-state index contributed by atoms with van der Waals surface area (Å²) in [4.78, 5) is 11.0. The van der Waals surface area contributed by atoms with Gasteiger partial charge in [0, 0.05) is 26.2 Å². The summed E-state index contributed by atoms with van der Waals surface area (Å²) in [7, 11) is 1.77. The molecule has 0 aromatic carbocycles. The number of anilines is 1. The molecular weight excluding hydrogens is 246 g/mol. The van der Waals surface area contributed by atoms with Gasteiger partial charge in [-0.3, -0.25) is 10.1 Å². The minimum atomic E-state index is -0.309. The Labute approximate surface area is 111 Å². The van der Waals surface area contributed by atoms with Gasteiger partial charge in [-0.2, -0.15) is 5.10 Å². The molecule has 2 aliphatic rings. The van der Waals surface area contributed by atoms with E-state index in [4.69, 9.17) is 0 Å². The molecule has 0 amide bonds. The minimum Gasteiger partial charge on any atom is -0.361 e. The van der Waals surface area contributed by atoms with Crippen molar-refractivity contribution in [2.24, 2.45) is 18.9 Å². The molecule has 0 bridgehead atoms. The summed E-state index contributed by atoms with van der Waals surface area (Å²) in [6, 6.07) is 0.366. The zero-order valence-corrected chi connectivity index (χ0v) is 11.2. The van der Waals surface area contributed by atoms with Crippen molar-refractivity contribution < 1.29 is 4.92 Å². The van der Waals surface area contributed by atoms with E-state index in [1.807, 2.05) is 6.92 Å². The molecular formula is C12H19N5O2. The maximum atomic E-state index is 11.3. The third kappa shape index (κ3) is 1.98. The van der Waals surface area contributed by atoms with Gasteiger partial charge in [0.1, 0.15) is 5.69 Å². The summed E-state index contributed by atoms with van der Waals surface area (Å²) < 4.78 is 1.62. The molecule has 2 atom stereocenters. The number of piperidine rings is 1. The number of aromatic nitrogens is 2. The molecule has 1 aliphatic carbocycles. The summed E-state index contributed by atoms with van der Waals surface area (Å²) >= 11 is 0. The summed E-state index contributed by atoms with van der Waals surface area (Å²) in [5, 5.41) is 22.2. The maximum Gasteiger partial charge on any atom is 0.333 e. The maximum absolute atomic E-state index is 11.3. The van der Waals surface area contributed by atoms with Gasteiger partial charge in [-0.25, -0.2) is 4.68 Å². The van der Waals surface area contributed by atoms with Crippen LogP contribution in [0.5, 0.6) is 0 Å². The highest BCUT2D eigenvalue weighted by atomic mass is 16.6. The number of fused-ring (bicyclic) bond motifs is 1. The molecule has 2 N–H and O–H groups in total. The number of rotatable bonds is 5. The molecule has 2 unspecified atom stereocenters. The Morgan fingerprint density at radius 3 is 2.79 bits per heavy atom. The molecule has 104 valence electrons. The first-order valence-corrected chi connectivity index (χ1v) is 6.81. The average Bonchev–Trinajstić information content (AvgIpc) is 2.74. The van der Waals surface area contributed by atoms with Gasteiger partial charge >= 0.3 is 5.69 Å². The lowest BCUT2D eigenvalue weighted by molar-refractivity contribution is -0.384. The van der Waals surface area contributed by atoms with E-state index >= 15 is 0 Å². The summed E-state index contributed by atoms with van der Waals surface area (Å²) in [5.74, 6) is 1.79. The topological polar surface area (TPSA) is 85.0 Å². The summed E-state index contributed by atoms with van der Waals surface area (Å²) in [6.45, 7) is 4.02. The normalized spacial score (nSPS) is 28.2. The molecule has 1 aliphatic heterocycles. The zero-order chi connectivity index (χ0) is 13.6. The highest BCUT2D eigenvalue weighted by Gasteiger charge is 2.53. The highest BCUT2D eigenvalue weighted by molar-refractivity contribution is 5.61. The van der Waals surface area contributed by atoms with E-state index in [1.165, 1.54) is 0 Å². The molecule has 1 aromatic heterocycles. The van der Waals surface area contributed by atoms with Gasteiger partial charge in [0.2, 0.25) is 5.82 Å². The molecule has 0 radical (unpaired) electrons. The van der Waals surface area contributed by atoms with Crippen molar-refractivity contribution in [3.8, 4) is 0 Å². The van der Waals surface area contributed by atoms with Gasteiger partial charge in [-0.05, 0) is 18.3 Å². The molecule has 1 saturated heterocycles. The first-order chi connectivity index (χ1) is 9.13. The molecule has 1 saturated carbocycles. The fraction of sp³-hybridized carbons (Fsp3) is 0.750. The third-order valence-corrected chi connectivity index (χ3v) is 4.16. The quantitative estimate of drug-likeness (QED) is 0.610. The molecule has 2 heterocycles. The molecule has 1 aromatic rings. The van der Waals surface area contributed by atoms with E-state index in [1.54, 1.807) is 11.7 Å². The highest BCUT2D eigenvalue weighted by Crippen LogP contribution is 2.45. The lowest BCUT2D eigenvalue weighted by atomic mass is 10.2. The molecule has 19 heavy (non-hydrogen) atoms. The SMILES string of the molecule is CCCc1nn(C)c(NC2C3CNCC32)c1[N+](=O)[O-]. The van der Waals surface area contributed by atoms with Crippen LogP contribution in [0.2, 0.25) is 0 Å². The first kappa shape index (κ1) is 12.4. The Kier molecular flexibility index (Phi) is 2.93. The number of aryl methyl sites for hydroxylation is 2. The fourth-order valence-corrected chi connectivity index (χ4v) is 3.12. The fourth-order valence-electron chi connectivity index (χ4n) is 3.12. The second-order valence-electron chi connectivity index (χ2n) is 5.43. The second-order valence-corrected chi connectivity index (χ2v) is 5.43. The number of nitrogens with zero attached hydrogens (tertiary/aromatic N) is 3. The van der Waals surface area contributed by atoms with Crippen molar-refractivity contribution in [1.82, 2.24) is 15.1 Å². The van der Waals surface area contributed by atoms with Crippen LogP contribution < -0.4 is 10.6 Å². The van der Waals surface area contributed by atoms with Crippen molar-refractivity contribution in [3.05, 3.63) is 15.8 Å². The number of nitro groups is 1. The number of nitrogens with one attached hydrogen (secondary N) is 2. The van der Waals surface area contributed by atoms with Crippen LogP contribution in [0.1, 0.15) is 19.0 Å². The smallest absolute Gasteiger partial charge is 0.333 e. The Morgan fingerprint density at radius 2 is 2.21 bits per heavy atom. The van der Waals surface area contributed by atoms with Gasteiger partial charge < -0.3 is 10.6 Å². The van der Waals surface area contributed by atoms with E-state index in [-0.39, 0.29) is 10.6 Å². The van der Waals surface area contributed by atoms with Crippen molar-refractivity contribution in [3.63, 3.8) is 0 Å². The van der Waals surface area contributed by atoms with Crippen LogP contribution in [-0.4, -0.2) is 33.8 Å². The predicted molar refractivity (Wildman–Crippen MR) is 71.1 cm³/mol. The van der Waals surface area contributed by atoms with E-state index in [2.05, 4.69) is 15.7 Å². The van der Waals surface area contributed by atoms with Crippen molar-refractivity contribution in [2.45, 2.75) is 25.8 Å². The Hall–Kier alpha value is -1.63. The zero-order valence-electron chi connectivity index (χ0n) is 11.2. The molecule has 2 fully saturated rings. The lowest BCUT2D eigenvalue weighted by Crippen LogP contribution is -2.22. The lowest BCUT2D eigenvalue weighted by Gasteiger charge is -2.08. The van der Waals surface area contributed by atoms with Gasteiger partial charge in [0.15, 0.2) is 0 Å². The van der Waals surface area contributed by atoms with Gasteiger partial charge in [0.25, 0.3) is 0 Å². The van der Waals surface area contributed by atoms with Crippen LogP contribution in [-0.2, 0) is 13.5 Å². The van der Waals surface area contributed by atoms with Crippen LogP contribution in [0.4, 0.5) is 11.5 Å². The first-order valence-electron chi connectivity index (χ1n) is 6.81. The largest absolute Gasteiger partial charge is 0.361 e. The Morgan fingerprint density at radius 1 is 1.53 bits per heavy atom. The predicted octanol–water partition coefficient (Wildman–Crippen LogP) is 0.911. The number of hydrogen-bond acceptors (Lipinski definition) is 5. The third-order valence-electron chi connectivity index (χ3n) is 4.16. The van der Waals surface area contributed by atoms with Gasteiger partial charge in [-0.15, -0.1) is 0 Å². The Balaban J connectivity index is 1.85. The van der Waals surface area contributed by atoms with Crippen LogP contribution in [0.3, 0.4) is 0 Å². The van der Waals surface area contributed by atoms with Gasteiger partial charge in [0.05, 0.1) is 4.92 Å². The minimum absolute atomic E-state index is 0.155. The summed E-state index contributed by atoms with van der Waals surface area (Å²) in [6.07, 6.45) is 1.50. The van der Waals surface area contributed by atoms with Crippen LogP contribution in [0.25, 0.3) is 0 Å². The van der Waals surface area contributed by atoms with Crippen LogP contribution >= 0.6 is 0 Å². The van der Waals surface area contributed by atoms with E-state index in [0.717, 1.165) is 19.5 Å². The average molecular weight is 265 g/mol. The molecule has 7 heteroatoms. The van der Waals surface area contributed by atoms with E-state index < -0.39 is 0 Å². The molecule has 3 rings (SSSR count). The standard InChI is InChI=1S/C12H19N5O2/c1-3-4-9-11(17(18)19)12(16(2)15-9)14-10-7-5-13-6-8(7)10/h7-8,10,13-14H,3-6H2,1-2H3. The van der Waals surface area contributed by atoms with Crippen LogP contribution in [0, 0.1) is 22.0 Å². The number of hydrogen-bond donors (Lipinski definition) is 2. The van der Waals surface area contributed by atoms with Gasteiger partial charge in [-0.1, -0.05) is 13.3 Å². The summed E-state index contributed by atoms with van der Waals surface area (Å²) in [5.41, 5.74) is 0.740. The monoisotopic (exact) mass is 265 g/mol. The van der Waals surface area contributed by atoms with Crippen LogP contribution in [0.15, 0.2) is 0 Å². The second kappa shape index (κ2) is 4.48. The molecule has 0 spiro atoms.